The zero-order chi connectivity index (χ0) is 17.9. The third kappa shape index (κ3) is 3.33. The molecule has 1 fully saturated rings. The Hall–Kier alpha value is -2.34. The van der Waals surface area contributed by atoms with E-state index in [2.05, 4.69) is 27.9 Å². The maximum Gasteiger partial charge on any atom is 0.255 e. The van der Waals surface area contributed by atoms with Crippen molar-refractivity contribution in [3.05, 3.63) is 46.8 Å². The van der Waals surface area contributed by atoms with E-state index < -0.39 is 0 Å². The molecular weight excluding hydrogens is 328 g/mol. The normalized spacial score (nSPS) is 17.4. The fourth-order valence-corrected chi connectivity index (χ4v) is 3.96. The molecule has 1 aromatic heterocycles. The van der Waals surface area contributed by atoms with E-state index in [1.807, 2.05) is 17.7 Å². The first kappa shape index (κ1) is 17.1. The van der Waals surface area contributed by atoms with Crippen LogP contribution in [0, 0.1) is 6.92 Å². The van der Waals surface area contributed by atoms with Crippen molar-refractivity contribution < 1.29 is 9.53 Å². The predicted octanol–water partition coefficient (Wildman–Crippen LogP) is 2.83. The number of amides is 1. The molecule has 2 N–H and O–H groups in total. The number of hydrogen-bond acceptors (Lipinski definition) is 4. The van der Waals surface area contributed by atoms with Crippen molar-refractivity contribution in [1.29, 1.82) is 0 Å². The van der Waals surface area contributed by atoms with Crippen molar-refractivity contribution in [2.75, 3.05) is 25.1 Å². The Labute approximate surface area is 153 Å². The van der Waals surface area contributed by atoms with Crippen LogP contribution in [0.25, 0.3) is 0 Å². The number of nitrogens with one attached hydrogen (secondary N) is 2. The van der Waals surface area contributed by atoms with Crippen LogP contribution in [-0.4, -0.2) is 35.4 Å². The molecule has 0 bridgehead atoms. The van der Waals surface area contributed by atoms with E-state index in [0.717, 1.165) is 51.1 Å². The highest BCUT2D eigenvalue weighted by Crippen LogP contribution is 2.26. The molecule has 0 atom stereocenters. The zero-order valence-corrected chi connectivity index (χ0v) is 15.3. The molecule has 0 aliphatic carbocycles. The predicted molar refractivity (Wildman–Crippen MR) is 100 cm³/mol. The van der Waals surface area contributed by atoms with Crippen LogP contribution in [0.3, 0.4) is 0 Å². The van der Waals surface area contributed by atoms with Crippen LogP contribution in [0.2, 0.25) is 0 Å². The minimum absolute atomic E-state index is 0.0535. The Bertz CT molecular complexity index is 793. The van der Waals surface area contributed by atoms with Crippen molar-refractivity contribution in [2.45, 2.75) is 45.2 Å². The van der Waals surface area contributed by atoms with Gasteiger partial charge in [-0.1, -0.05) is 12.1 Å². The maximum absolute atomic E-state index is 12.7. The van der Waals surface area contributed by atoms with Gasteiger partial charge in [0.15, 0.2) is 0 Å². The van der Waals surface area contributed by atoms with Crippen molar-refractivity contribution in [2.24, 2.45) is 0 Å². The quantitative estimate of drug-likeness (QED) is 0.886. The number of aromatic nitrogens is 2. The minimum atomic E-state index is -0.0535. The number of carbonyl (C=O) groups excluding carboxylic acids is 1. The van der Waals surface area contributed by atoms with Gasteiger partial charge in [-0.15, -0.1) is 0 Å². The molecule has 1 saturated heterocycles. The molecule has 2 aliphatic heterocycles. The molecule has 0 saturated carbocycles. The molecule has 6 heteroatoms. The summed E-state index contributed by atoms with van der Waals surface area (Å²) < 4.78 is 7.41. The summed E-state index contributed by atoms with van der Waals surface area (Å²) >= 11 is 0. The summed E-state index contributed by atoms with van der Waals surface area (Å²) in [5.74, 6) is -0.0535. The number of benzene rings is 1. The number of ether oxygens (including phenoxy) is 1. The maximum atomic E-state index is 12.7. The molecule has 1 amide bonds. The third-order valence-corrected chi connectivity index (χ3v) is 5.46. The SMILES string of the molecule is Cc1c(C(=O)NCc2cccc3c2CCCN3)cnn1C1CCOCC1. The van der Waals surface area contributed by atoms with E-state index in [1.54, 1.807) is 6.20 Å². The Morgan fingerprint density at radius 3 is 3.08 bits per heavy atom. The van der Waals surface area contributed by atoms with Gasteiger partial charge in [-0.05, 0) is 49.8 Å². The average Bonchev–Trinajstić information content (AvgIpc) is 3.08. The first-order chi connectivity index (χ1) is 12.7. The van der Waals surface area contributed by atoms with Gasteiger partial charge in [0.05, 0.1) is 17.8 Å². The summed E-state index contributed by atoms with van der Waals surface area (Å²) in [6.07, 6.45) is 5.80. The highest BCUT2D eigenvalue weighted by atomic mass is 16.5. The second-order valence-corrected chi connectivity index (χ2v) is 7.09. The van der Waals surface area contributed by atoms with Crippen molar-refractivity contribution in [1.82, 2.24) is 15.1 Å². The molecule has 2 aromatic rings. The molecule has 0 unspecified atom stereocenters. The van der Waals surface area contributed by atoms with Gasteiger partial charge in [-0.3, -0.25) is 9.48 Å². The molecule has 0 spiro atoms. The van der Waals surface area contributed by atoms with Gasteiger partial charge in [-0.25, -0.2) is 0 Å². The summed E-state index contributed by atoms with van der Waals surface area (Å²) in [4.78, 5) is 12.7. The van der Waals surface area contributed by atoms with Gasteiger partial charge in [0.25, 0.3) is 5.91 Å². The standard InChI is InChI=1S/C20H26N4O2/c1-14-18(13-23-24(14)16-7-10-26-11-8-16)20(25)22-12-15-4-2-6-19-17(15)5-3-9-21-19/h2,4,6,13,16,21H,3,5,7-12H2,1H3,(H,22,25). The van der Waals surface area contributed by atoms with E-state index >= 15 is 0 Å². The molecule has 26 heavy (non-hydrogen) atoms. The van der Waals surface area contributed by atoms with Gasteiger partial charge in [-0.2, -0.15) is 5.10 Å². The van der Waals surface area contributed by atoms with Crippen LogP contribution >= 0.6 is 0 Å². The smallest absolute Gasteiger partial charge is 0.255 e. The van der Waals surface area contributed by atoms with Gasteiger partial charge < -0.3 is 15.4 Å². The fraction of sp³-hybridized carbons (Fsp3) is 0.500. The first-order valence-electron chi connectivity index (χ1n) is 9.48. The lowest BCUT2D eigenvalue weighted by Crippen LogP contribution is -2.25. The number of anilines is 1. The van der Waals surface area contributed by atoms with Gasteiger partial charge in [0, 0.05) is 37.7 Å². The molecule has 1 aromatic carbocycles. The highest BCUT2D eigenvalue weighted by Gasteiger charge is 2.22. The molecule has 138 valence electrons. The lowest BCUT2D eigenvalue weighted by Gasteiger charge is -2.23. The van der Waals surface area contributed by atoms with Crippen LogP contribution in [0.15, 0.2) is 24.4 Å². The highest BCUT2D eigenvalue weighted by molar-refractivity contribution is 5.95. The minimum Gasteiger partial charge on any atom is -0.385 e. The van der Waals surface area contributed by atoms with Crippen molar-refractivity contribution in [3.63, 3.8) is 0 Å². The van der Waals surface area contributed by atoms with Crippen LogP contribution in [0.4, 0.5) is 5.69 Å². The monoisotopic (exact) mass is 354 g/mol. The molecule has 4 rings (SSSR count). The van der Waals surface area contributed by atoms with Crippen molar-refractivity contribution in [3.8, 4) is 0 Å². The molecular formula is C20H26N4O2. The second-order valence-electron chi connectivity index (χ2n) is 7.09. The Balaban J connectivity index is 1.45. The number of fused-ring (bicyclic) bond motifs is 1. The zero-order valence-electron chi connectivity index (χ0n) is 15.3. The summed E-state index contributed by atoms with van der Waals surface area (Å²) in [5, 5.41) is 11.0. The molecule has 3 heterocycles. The Kier molecular flexibility index (Phi) is 4.93. The van der Waals surface area contributed by atoms with Crippen LogP contribution < -0.4 is 10.6 Å². The van der Waals surface area contributed by atoms with Crippen LogP contribution in [-0.2, 0) is 17.7 Å². The fourth-order valence-electron chi connectivity index (χ4n) is 3.96. The van der Waals surface area contributed by atoms with Gasteiger partial charge >= 0.3 is 0 Å². The Morgan fingerprint density at radius 2 is 2.23 bits per heavy atom. The summed E-state index contributed by atoms with van der Waals surface area (Å²) in [5.41, 5.74) is 5.32. The van der Waals surface area contributed by atoms with Crippen LogP contribution in [0.1, 0.15) is 52.5 Å². The number of carbonyl (C=O) groups is 1. The summed E-state index contributed by atoms with van der Waals surface area (Å²) in [6.45, 7) is 5.07. The number of rotatable bonds is 4. The van der Waals surface area contributed by atoms with Gasteiger partial charge in [0.2, 0.25) is 0 Å². The molecule has 6 nitrogen and oxygen atoms in total. The lowest BCUT2D eigenvalue weighted by atomic mass is 9.97. The molecule has 2 aliphatic rings. The van der Waals surface area contributed by atoms with E-state index in [1.165, 1.54) is 16.8 Å². The average molecular weight is 354 g/mol. The Morgan fingerprint density at radius 1 is 1.38 bits per heavy atom. The number of nitrogens with zero attached hydrogens (tertiary/aromatic N) is 2. The largest absolute Gasteiger partial charge is 0.385 e. The second kappa shape index (κ2) is 7.50. The van der Waals surface area contributed by atoms with Crippen molar-refractivity contribution >= 4 is 11.6 Å². The number of hydrogen-bond donors (Lipinski definition) is 2. The van der Waals surface area contributed by atoms with E-state index in [0.29, 0.717) is 18.2 Å². The van der Waals surface area contributed by atoms with E-state index in [-0.39, 0.29) is 5.91 Å². The topological polar surface area (TPSA) is 68.2 Å². The lowest BCUT2D eigenvalue weighted by molar-refractivity contribution is 0.0656. The van der Waals surface area contributed by atoms with E-state index in [4.69, 9.17) is 4.74 Å². The summed E-state index contributed by atoms with van der Waals surface area (Å²) in [6, 6.07) is 6.59. The third-order valence-electron chi connectivity index (χ3n) is 5.46. The van der Waals surface area contributed by atoms with Crippen LogP contribution in [0.5, 0.6) is 0 Å². The van der Waals surface area contributed by atoms with E-state index in [9.17, 15) is 4.79 Å². The summed E-state index contributed by atoms with van der Waals surface area (Å²) in [7, 11) is 0. The molecule has 0 radical (unpaired) electrons. The van der Waals surface area contributed by atoms with Gasteiger partial charge in [0.1, 0.15) is 0 Å². The first-order valence-corrected chi connectivity index (χ1v) is 9.48.